The number of nitriles is 1. The fourth-order valence-electron chi connectivity index (χ4n) is 1.82. The summed E-state index contributed by atoms with van der Waals surface area (Å²) < 4.78 is 26.8. The van der Waals surface area contributed by atoms with Gasteiger partial charge in [-0.05, 0) is 37.3 Å². The Hall–Kier alpha value is -2.41. The van der Waals surface area contributed by atoms with Gasteiger partial charge in [0.25, 0.3) is 0 Å². The third-order valence-electron chi connectivity index (χ3n) is 2.85. The van der Waals surface area contributed by atoms with Gasteiger partial charge in [-0.2, -0.15) is 5.26 Å². The monoisotopic (exact) mass is 258 g/mol. The van der Waals surface area contributed by atoms with E-state index in [1.807, 2.05) is 6.07 Å². The van der Waals surface area contributed by atoms with Gasteiger partial charge in [0.1, 0.15) is 0 Å². The third kappa shape index (κ3) is 2.89. The van der Waals surface area contributed by atoms with Crippen molar-refractivity contribution in [3.8, 4) is 6.07 Å². The lowest BCUT2D eigenvalue weighted by Crippen LogP contribution is -2.09. The topological polar surface area (TPSA) is 35.8 Å². The van der Waals surface area contributed by atoms with Crippen LogP contribution in [0.2, 0.25) is 0 Å². The standard InChI is InChI=1S/C15H12F2N2/c1-10(13-3-2-4-14(16)15(13)17)19-12-7-5-11(9-18)6-8-12/h2-8,10,19H,1H3. The molecule has 0 fully saturated rings. The van der Waals surface area contributed by atoms with Gasteiger partial charge in [0.15, 0.2) is 11.6 Å². The van der Waals surface area contributed by atoms with Crippen LogP contribution in [0.4, 0.5) is 14.5 Å². The van der Waals surface area contributed by atoms with Crippen molar-refractivity contribution in [2.75, 3.05) is 5.32 Å². The van der Waals surface area contributed by atoms with E-state index in [1.165, 1.54) is 6.07 Å². The molecule has 1 atom stereocenters. The van der Waals surface area contributed by atoms with E-state index in [2.05, 4.69) is 5.32 Å². The van der Waals surface area contributed by atoms with Crippen molar-refractivity contribution >= 4 is 5.69 Å². The van der Waals surface area contributed by atoms with Gasteiger partial charge in [0, 0.05) is 11.3 Å². The summed E-state index contributed by atoms with van der Waals surface area (Å²) in [6.07, 6.45) is 0. The maximum Gasteiger partial charge on any atom is 0.164 e. The van der Waals surface area contributed by atoms with Crippen LogP contribution in [-0.2, 0) is 0 Å². The van der Waals surface area contributed by atoms with Crippen LogP contribution in [-0.4, -0.2) is 0 Å². The van der Waals surface area contributed by atoms with Crippen LogP contribution in [0.25, 0.3) is 0 Å². The van der Waals surface area contributed by atoms with Crippen molar-refractivity contribution in [1.29, 1.82) is 5.26 Å². The lowest BCUT2D eigenvalue weighted by Gasteiger charge is -2.16. The van der Waals surface area contributed by atoms with Gasteiger partial charge >= 0.3 is 0 Å². The quantitative estimate of drug-likeness (QED) is 0.902. The molecule has 2 nitrogen and oxygen atoms in total. The van der Waals surface area contributed by atoms with Crippen molar-refractivity contribution in [2.45, 2.75) is 13.0 Å². The minimum atomic E-state index is -0.856. The molecule has 1 unspecified atom stereocenters. The largest absolute Gasteiger partial charge is 0.378 e. The predicted molar refractivity (Wildman–Crippen MR) is 69.6 cm³/mol. The zero-order chi connectivity index (χ0) is 13.8. The van der Waals surface area contributed by atoms with Crippen LogP contribution in [0.1, 0.15) is 24.1 Å². The van der Waals surface area contributed by atoms with E-state index in [1.54, 1.807) is 37.3 Å². The summed E-state index contributed by atoms with van der Waals surface area (Å²) in [4.78, 5) is 0. The van der Waals surface area contributed by atoms with Crippen LogP contribution >= 0.6 is 0 Å². The van der Waals surface area contributed by atoms with E-state index in [0.717, 1.165) is 11.8 Å². The first-order chi connectivity index (χ1) is 9.11. The molecule has 19 heavy (non-hydrogen) atoms. The molecule has 0 spiro atoms. The van der Waals surface area contributed by atoms with Crippen LogP contribution in [0, 0.1) is 23.0 Å². The lowest BCUT2D eigenvalue weighted by molar-refractivity contribution is 0.494. The summed E-state index contributed by atoms with van der Waals surface area (Å²) in [6.45, 7) is 1.75. The third-order valence-corrected chi connectivity index (χ3v) is 2.85. The zero-order valence-corrected chi connectivity index (χ0v) is 10.3. The Bertz CT molecular complexity index is 615. The predicted octanol–water partition coefficient (Wildman–Crippen LogP) is 4.01. The molecule has 1 N–H and O–H groups in total. The van der Waals surface area contributed by atoms with Crippen molar-refractivity contribution < 1.29 is 8.78 Å². The second-order valence-corrected chi connectivity index (χ2v) is 4.20. The van der Waals surface area contributed by atoms with Crippen molar-refractivity contribution in [1.82, 2.24) is 0 Å². The summed E-state index contributed by atoms with van der Waals surface area (Å²) in [5.41, 5.74) is 1.56. The Morgan fingerprint density at radius 1 is 1.11 bits per heavy atom. The summed E-state index contributed by atoms with van der Waals surface area (Å²) in [7, 11) is 0. The number of halogens is 2. The fraction of sp³-hybridized carbons (Fsp3) is 0.133. The first-order valence-corrected chi connectivity index (χ1v) is 5.82. The van der Waals surface area contributed by atoms with Crippen molar-refractivity contribution in [2.24, 2.45) is 0 Å². The molecule has 2 aromatic rings. The number of benzene rings is 2. The number of anilines is 1. The van der Waals surface area contributed by atoms with Gasteiger partial charge < -0.3 is 5.32 Å². The Labute approximate surface area is 110 Å². The molecule has 0 saturated carbocycles. The van der Waals surface area contributed by atoms with E-state index < -0.39 is 11.6 Å². The van der Waals surface area contributed by atoms with Gasteiger partial charge in [-0.15, -0.1) is 0 Å². The van der Waals surface area contributed by atoms with Crippen LogP contribution in [0.5, 0.6) is 0 Å². The summed E-state index contributed by atoms with van der Waals surface area (Å²) >= 11 is 0. The molecule has 2 rings (SSSR count). The maximum absolute atomic E-state index is 13.6. The molecule has 0 saturated heterocycles. The molecule has 0 aliphatic rings. The highest BCUT2D eigenvalue weighted by atomic mass is 19.2. The van der Waals surface area contributed by atoms with E-state index in [0.29, 0.717) is 5.56 Å². The highest BCUT2D eigenvalue weighted by molar-refractivity contribution is 5.48. The summed E-state index contributed by atoms with van der Waals surface area (Å²) in [6, 6.07) is 12.5. The molecule has 0 aliphatic heterocycles. The zero-order valence-electron chi connectivity index (χ0n) is 10.3. The molecule has 0 bridgehead atoms. The molecule has 0 aromatic heterocycles. The Morgan fingerprint density at radius 2 is 1.79 bits per heavy atom. The Kier molecular flexibility index (Phi) is 3.76. The fourth-order valence-corrected chi connectivity index (χ4v) is 1.82. The SMILES string of the molecule is CC(Nc1ccc(C#N)cc1)c1cccc(F)c1F. The van der Waals surface area contributed by atoms with Crippen LogP contribution in [0.3, 0.4) is 0 Å². The molecule has 2 aromatic carbocycles. The number of hydrogen-bond donors (Lipinski definition) is 1. The number of nitrogens with one attached hydrogen (secondary N) is 1. The van der Waals surface area contributed by atoms with Crippen LogP contribution in [0.15, 0.2) is 42.5 Å². The normalized spacial score (nSPS) is 11.7. The lowest BCUT2D eigenvalue weighted by atomic mass is 10.1. The average molecular weight is 258 g/mol. The Morgan fingerprint density at radius 3 is 2.42 bits per heavy atom. The van der Waals surface area contributed by atoms with E-state index in [9.17, 15) is 8.78 Å². The molecule has 0 heterocycles. The van der Waals surface area contributed by atoms with E-state index in [-0.39, 0.29) is 11.6 Å². The van der Waals surface area contributed by atoms with Crippen LogP contribution < -0.4 is 5.32 Å². The van der Waals surface area contributed by atoms with Crippen molar-refractivity contribution in [3.63, 3.8) is 0 Å². The maximum atomic E-state index is 13.6. The number of rotatable bonds is 3. The van der Waals surface area contributed by atoms with E-state index in [4.69, 9.17) is 5.26 Å². The molecule has 0 radical (unpaired) electrons. The highest BCUT2D eigenvalue weighted by Gasteiger charge is 2.13. The average Bonchev–Trinajstić information content (AvgIpc) is 2.42. The summed E-state index contributed by atoms with van der Waals surface area (Å²) in [5, 5.41) is 11.8. The minimum absolute atomic E-state index is 0.268. The molecule has 96 valence electrons. The van der Waals surface area contributed by atoms with Crippen molar-refractivity contribution in [3.05, 3.63) is 65.2 Å². The van der Waals surface area contributed by atoms with Gasteiger partial charge in [-0.3, -0.25) is 0 Å². The molecular weight excluding hydrogens is 246 g/mol. The van der Waals surface area contributed by atoms with Gasteiger partial charge in [0.2, 0.25) is 0 Å². The van der Waals surface area contributed by atoms with Gasteiger partial charge in [-0.25, -0.2) is 8.78 Å². The van der Waals surface area contributed by atoms with Gasteiger partial charge in [0.05, 0.1) is 17.7 Å². The smallest absolute Gasteiger partial charge is 0.164 e. The molecular formula is C15H12F2N2. The first kappa shape index (κ1) is 13.0. The molecule has 0 aliphatic carbocycles. The second-order valence-electron chi connectivity index (χ2n) is 4.20. The molecule has 0 amide bonds. The van der Waals surface area contributed by atoms with Gasteiger partial charge in [-0.1, -0.05) is 12.1 Å². The first-order valence-electron chi connectivity index (χ1n) is 5.82. The second kappa shape index (κ2) is 5.49. The molecule has 4 heteroatoms. The Balaban J connectivity index is 2.18. The number of hydrogen-bond acceptors (Lipinski definition) is 2. The van der Waals surface area contributed by atoms with E-state index >= 15 is 0 Å². The number of nitrogens with zero attached hydrogens (tertiary/aromatic N) is 1. The minimum Gasteiger partial charge on any atom is -0.378 e. The summed E-state index contributed by atoms with van der Waals surface area (Å²) in [5.74, 6) is -1.69. The highest BCUT2D eigenvalue weighted by Crippen LogP contribution is 2.23.